The standard InChI is InChI=1S/C20H22N4O5/c1-20(2,3)14-10-17(29-24-14)23-16(25)11-28-18(26)9-8-15-21-13-7-5-4-6-12(13)19(27)22-15/h4-7,10H,8-9,11H2,1-3H3,(H,23,25)(H,21,22,27). The molecule has 9 nitrogen and oxygen atoms in total. The smallest absolute Gasteiger partial charge is 0.306 e. The molecule has 2 N–H and O–H groups in total. The molecule has 3 aromatic rings. The molecule has 0 saturated carbocycles. The maximum atomic E-state index is 12.0. The molecule has 1 aromatic carbocycles. The first-order valence-electron chi connectivity index (χ1n) is 9.13. The van der Waals surface area contributed by atoms with Crippen molar-refractivity contribution in [1.29, 1.82) is 0 Å². The average Bonchev–Trinajstić information content (AvgIpc) is 3.14. The third-order valence-electron chi connectivity index (χ3n) is 4.13. The Labute approximate surface area is 166 Å². The van der Waals surface area contributed by atoms with Gasteiger partial charge in [-0.3, -0.25) is 19.7 Å². The zero-order valence-electron chi connectivity index (χ0n) is 16.4. The van der Waals surface area contributed by atoms with E-state index in [2.05, 4.69) is 20.4 Å². The van der Waals surface area contributed by atoms with Crippen LogP contribution in [0.1, 0.15) is 38.7 Å². The normalized spacial score (nSPS) is 11.4. The number of aryl methyl sites for hydroxylation is 1. The second-order valence-electron chi connectivity index (χ2n) is 7.57. The molecule has 0 atom stereocenters. The minimum Gasteiger partial charge on any atom is -0.456 e. The molecule has 0 saturated heterocycles. The van der Waals surface area contributed by atoms with E-state index in [1.54, 1.807) is 30.3 Å². The fraction of sp³-hybridized carbons (Fsp3) is 0.350. The molecular weight excluding hydrogens is 376 g/mol. The lowest BCUT2D eigenvalue weighted by atomic mass is 9.92. The Morgan fingerprint density at radius 1 is 1.24 bits per heavy atom. The highest BCUT2D eigenvalue weighted by atomic mass is 16.5. The molecule has 0 aliphatic heterocycles. The quantitative estimate of drug-likeness (QED) is 0.610. The molecule has 0 fully saturated rings. The molecule has 0 aliphatic carbocycles. The van der Waals surface area contributed by atoms with Gasteiger partial charge in [0.05, 0.1) is 23.0 Å². The SMILES string of the molecule is CC(C)(C)c1cc(NC(=O)COC(=O)CCc2nc3ccccc3c(=O)[nH]2)on1. The van der Waals surface area contributed by atoms with Crippen molar-refractivity contribution in [3.05, 3.63) is 52.2 Å². The summed E-state index contributed by atoms with van der Waals surface area (Å²) in [6, 6.07) is 8.57. The van der Waals surface area contributed by atoms with Gasteiger partial charge in [-0.05, 0) is 12.1 Å². The van der Waals surface area contributed by atoms with E-state index < -0.39 is 18.5 Å². The summed E-state index contributed by atoms with van der Waals surface area (Å²) in [6.45, 7) is 5.45. The van der Waals surface area contributed by atoms with Crippen molar-refractivity contribution in [2.24, 2.45) is 0 Å². The van der Waals surface area contributed by atoms with Crippen LogP contribution in [0.5, 0.6) is 0 Å². The van der Waals surface area contributed by atoms with Gasteiger partial charge in [-0.15, -0.1) is 0 Å². The number of hydrogen-bond acceptors (Lipinski definition) is 7. The highest BCUT2D eigenvalue weighted by molar-refractivity contribution is 5.91. The van der Waals surface area contributed by atoms with E-state index in [1.807, 2.05) is 20.8 Å². The number of anilines is 1. The number of nitrogens with zero attached hydrogens (tertiary/aromatic N) is 2. The molecule has 0 aliphatic rings. The maximum absolute atomic E-state index is 12.0. The fourth-order valence-corrected chi connectivity index (χ4v) is 2.55. The molecular formula is C20H22N4O5. The van der Waals surface area contributed by atoms with Gasteiger partial charge >= 0.3 is 5.97 Å². The number of para-hydroxylation sites is 1. The number of fused-ring (bicyclic) bond motifs is 1. The van der Waals surface area contributed by atoms with Crippen molar-refractivity contribution in [3.63, 3.8) is 0 Å². The summed E-state index contributed by atoms with van der Waals surface area (Å²) in [5, 5.41) is 6.86. The van der Waals surface area contributed by atoms with Crippen LogP contribution in [0.4, 0.5) is 5.88 Å². The Kier molecular flexibility index (Phi) is 5.76. The van der Waals surface area contributed by atoms with Crippen LogP contribution >= 0.6 is 0 Å². The molecule has 0 radical (unpaired) electrons. The Morgan fingerprint density at radius 3 is 2.72 bits per heavy atom. The number of rotatable bonds is 6. The zero-order chi connectivity index (χ0) is 21.0. The second-order valence-corrected chi connectivity index (χ2v) is 7.57. The van der Waals surface area contributed by atoms with Crippen molar-refractivity contribution >= 4 is 28.7 Å². The van der Waals surface area contributed by atoms with Crippen LogP contribution < -0.4 is 10.9 Å². The first-order chi connectivity index (χ1) is 13.7. The minimum atomic E-state index is -0.580. The van der Waals surface area contributed by atoms with Crippen molar-refractivity contribution in [3.8, 4) is 0 Å². The molecule has 0 bridgehead atoms. The van der Waals surface area contributed by atoms with Crippen LogP contribution in [-0.2, 0) is 26.2 Å². The number of benzene rings is 1. The van der Waals surface area contributed by atoms with Gasteiger partial charge in [-0.1, -0.05) is 38.1 Å². The number of ether oxygens (including phenoxy) is 1. The van der Waals surface area contributed by atoms with Crippen molar-refractivity contribution in [1.82, 2.24) is 15.1 Å². The van der Waals surface area contributed by atoms with Gasteiger partial charge in [-0.2, -0.15) is 0 Å². The van der Waals surface area contributed by atoms with Gasteiger partial charge in [0.25, 0.3) is 11.5 Å². The molecule has 0 unspecified atom stereocenters. The molecule has 2 heterocycles. The van der Waals surface area contributed by atoms with E-state index in [0.29, 0.717) is 22.4 Å². The summed E-state index contributed by atoms with van der Waals surface area (Å²) in [5.41, 5.74) is 0.777. The maximum Gasteiger partial charge on any atom is 0.306 e. The number of carbonyl (C=O) groups excluding carboxylic acids is 2. The first kappa shape index (κ1) is 20.2. The number of nitrogens with one attached hydrogen (secondary N) is 2. The largest absolute Gasteiger partial charge is 0.456 e. The lowest BCUT2D eigenvalue weighted by molar-refractivity contribution is -0.147. The number of aromatic nitrogens is 3. The molecule has 9 heteroatoms. The molecule has 152 valence electrons. The highest BCUT2D eigenvalue weighted by Crippen LogP contribution is 2.23. The lowest BCUT2D eigenvalue weighted by Gasteiger charge is -2.12. The van der Waals surface area contributed by atoms with Crippen LogP contribution in [-0.4, -0.2) is 33.6 Å². The number of hydrogen-bond donors (Lipinski definition) is 2. The highest BCUT2D eigenvalue weighted by Gasteiger charge is 2.20. The molecule has 1 amide bonds. The predicted molar refractivity (Wildman–Crippen MR) is 105 cm³/mol. The van der Waals surface area contributed by atoms with Crippen LogP contribution in [0.3, 0.4) is 0 Å². The third kappa shape index (κ3) is 5.28. The van der Waals surface area contributed by atoms with Crippen LogP contribution in [0.25, 0.3) is 10.9 Å². The number of amides is 1. The van der Waals surface area contributed by atoms with E-state index in [9.17, 15) is 14.4 Å². The van der Waals surface area contributed by atoms with Crippen LogP contribution in [0, 0.1) is 0 Å². The van der Waals surface area contributed by atoms with Crippen molar-refractivity contribution in [2.45, 2.75) is 39.0 Å². The van der Waals surface area contributed by atoms with Gasteiger partial charge in [0.2, 0.25) is 5.88 Å². The van der Waals surface area contributed by atoms with E-state index in [4.69, 9.17) is 9.26 Å². The average molecular weight is 398 g/mol. The van der Waals surface area contributed by atoms with Gasteiger partial charge < -0.3 is 14.2 Å². The molecule has 3 rings (SSSR count). The predicted octanol–water partition coefficient (Wildman–Crippen LogP) is 2.32. The monoisotopic (exact) mass is 398 g/mol. The fourth-order valence-electron chi connectivity index (χ4n) is 2.55. The summed E-state index contributed by atoms with van der Waals surface area (Å²) in [7, 11) is 0. The Bertz CT molecular complexity index is 1090. The lowest BCUT2D eigenvalue weighted by Crippen LogP contribution is -2.21. The Balaban J connectivity index is 1.48. The van der Waals surface area contributed by atoms with E-state index in [-0.39, 0.29) is 29.7 Å². The first-order valence-corrected chi connectivity index (χ1v) is 9.13. The number of esters is 1. The summed E-state index contributed by atoms with van der Waals surface area (Å²) < 4.78 is 10.0. The topological polar surface area (TPSA) is 127 Å². The van der Waals surface area contributed by atoms with Gasteiger partial charge in [0.1, 0.15) is 5.82 Å². The molecule has 0 spiro atoms. The van der Waals surface area contributed by atoms with Crippen LogP contribution in [0.2, 0.25) is 0 Å². The van der Waals surface area contributed by atoms with Gasteiger partial charge in [-0.25, -0.2) is 4.98 Å². The van der Waals surface area contributed by atoms with Crippen molar-refractivity contribution < 1.29 is 18.8 Å². The summed E-state index contributed by atoms with van der Waals surface area (Å²) in [4.78, 5) is 42.8. The Hall–Kier alpha value is -3.49. The van der Waals surface area contributed by atoms with E-state index >= 15 is 0 Å². The third-order valence-corrected chi connectivity index (χ3v) is 4.13. The number of aromatic amines is 1. The van der Waals surface area contributed by atoms with Gasteiger partial charge in [0.15, 0.2) is 6.61 Å². The van der Waals surface area contributed by atoms with E-state index in [0.717, 1.165) is 0 Å². The van der Waals surface area contributed by atoms with Gasteiger partial charge in [0, 0.05) is 17.9 Å². The summed E-state index contributed by atoms with van der Waals surface area (Å²) in [5.74, 6) is -0.545. The molecule has 2 aromatic heterocycles. The molecule has 29 heavy (non-hydrogen) atoms. The zero-order valence-corrected chi connectivity index (χ0v) is 16.4. The van der Waals surface area contributed by atoms with E-state index in [1.165, 1.54) is 0 Å². The second kappa shape index (κ2) is 8.26. The van der Waals surface area contributed by atoms with Crippen LogP contribution in [0.15, 0.2) is 39.6 Å². The Morgan fingerprint density at radius 2 is 2.00 bits per heavy atom. The number of H-pyrrole nitrogens is 1. The van der Waals surface area contributed by atoms with Crippen molar-refractivity contribution in [2.75, 3.05) is 11.9 Å². The minimum absolute atomic E-state index is 0.0228. The summed E-state index contributed by atoms with van der Waals surface area (Å²) in [6.07, 6.45) is 0.169. The summed E-state index contributed by atoms with van der Waals surface area (Å²) >= 11 is 0. The number of carbonyl (C=O) groups is 2.